The van der Waals surface area contributed by atoms with Crippen molar-refractivity contribution in [2.75, 3.05) is 19.9 Å². The minimum absolute atomic E-state index is 0.376. The third-order valence-corrected chi connectivity index (χ3v) is 5.29. The standard InChI is InChI=1S/C9H13OP.C7H9OP.3C2H6/c1-3-10-11(2)9-7-5-4-6-8-9;1-9(8)7-5-3-2-4-6-7;3*1-2/h4-8H,3H2,1-2H3;2-6,8H,1H3;3*1-2H3. The van der Waals surface area contributed by atoms with E-state index >= 15 is 0 Å². The van der Waals surface area contributed by atoms with Crippen molar-refractivity contribution < 1.29 is 9.42 Å². The Morgan fingerprint density at radius 1 is 0.692 bits per heavy atom. The highest BCUT2D eigenvalue weighted by atomic mass is 31.1. The first kappa shape index (κ1) is 30.0. The fourth-order valence-electron chi connectivity index (χ4n) is 1.55. The van der Waals surface area contributed by atoms with Crippen molar-refractivity contribution in [3.63, 3.8) is 0 Å². The maximum absolute atomic E-state index is 9.09. The van der Waals surface area contributed by atoms with Crippen molar-refractivity contribution >= 4 is 26.9 Å². The number of hydrogen-bond donors (Lipinski definition) is 1. The Labute approximate surface area is 165 Å². The second kappa shape index (κ2) is 24.2. The molecule has 0 aliphatic carbocycles. The monoisotopic (exact) mass is 398 g/mol. The lowest BCUT2D eigenvalue weighted by Gasteiger charge is -2.10. The molecule has 2 atom stereocenters. The van der Waals surface area contributed by atoms with E-state index in [1.807, 2.05) is 104 Å². The molecule has 150 valence electrons. The molecule has 0 bridgehead atoms. The van der Waals surface area contributed by atoms with Gasteiger partial charge in [-0.2, -0.15) is 0 Å². The molecule has 1 N–H and O–H groups in total. The van der Waals surface area contributed by atoms with Crippen molar-refractivity contribution in [3.05, 3.63) is 60.7 Å². The molecule has 0 saturated carbocycles. The lowest BCUT2D eigenvalue weighted by atomic mass is 10.4. The highest BCUT2D eigenvalue weighted by molar-refractivity contribution is 7.60. The summed E-state index contributed by atoms with van der Waals surface area (Å²) >= 11 is 0. The number of hydrogen-bond acceptors (Lipinski definition) is 2. The zero-order valence-electron chi connectivity index (χ0n) is 18.2. The van der Waals surface area contributed by atoms with Gasteiger partial charge in [0.15, 0.2) is 0 Å². The van der Waals surface area contributed by atoms with Gasteiger partial charge >= 0.3 is 0 Å². The molecule has 0 aliphatic heterocycles. The Kier molecular flexibility index (Phi) is 27.9. The van der Waals surface area contributed by atoms with Gasteiger partial charge < -0.3 is 9.42 Å². The van der Waals surface area contributed by atoms with Crippen LogP contribution in [0.2, 0.25) is 0 Å². The zero-order chi connectivity index (χ0) is 20.8. The van der Waals surface area contributed by atoms with Crippen LogP contribution in [0.4, 0.5) is 0 Å². The molecule has 0 amide bonds. The third-order valence-electron chi connectivity index (χ3n) is 2.57. The van der Waals surface area contributed by atoms with Gasteiger partial charge in [-0.15, -0.1) is 0 Å². The van der Waals surface area contributed by atoms with E-state index in [9.17, 15) is 0 Å². The average Bonchev–Trinajstić information content (AvgIpc) is 2.74. The normalized spacial score (nSPS) is 10.7. The predicted octanol–water partition coefficient (Wildman–Crippen LogP) is 6.78. The number of benzene rings is 2. The summed E-state index contributed by atoms with van der Waals surface area (Å²) in [4.78, 5) is 9.09. The molecule has 0 saturated heterocycles. The Hall–Kier alpha value is -0.780. The SMILES string of the molecule is CC.CC.CC.CCOP(C)c1ccccc1.CP(O)c1ccccc1. The largest absolute Gasteiger partial charge is 0.369 e. The summed E-state index contributed by atoms with van der Waals surface area (Å²) in [5.41, 5.74) is 0. The quantitative estimate of drug-likeness (QED) is 0.575. The minimum atomic E-state index is -0.896. The first-order valence-electron chi connectivity index (χ1n) is 9.54. The molecular weight excluding hydrogens is 358 g/mol. The summed E-state index contributed by atoms with van der Waals surface area (Å²) in [5, 5.41) is 2.34. The van der Waals surface area contributed by atoms with E-state index in [4.69, 9.17) is 9.42 Å². The van der Waals surface area contributed by atoms with Gasteiger partial charge in [-0.1, -0.05) is 102 Å². The Bertz CT molecular complexity index is 462. The molecule has 2 aromatic rings. The summed E-state index contributed by atoms with van der Waals surface area (Å²) in [7, 11) is -1.27. The van der Waals surface area contributed by atoms with Crippen molar-refractivity contribution in [3.8, 4) is 0 Å². The van der Waals surface area contributed by atoms with Gasteiger partial charge in [0.2, 0.25) is 0 Å². The van der Waals surface area contributed by atoms with E-state index in [2.05, 4.69) is 18.8 Å². The molecule has 0 spiro atoms. The van der Waals surface area contributed by atoms with Gasteiger partial charge in [0.25, 0.3) is 0 Å². The molecule has 0 radical (unpaired) electrons. The minimum Gasteiger partial charge on any atom is -0.369 e. The van der Waals surface area contributed by atoms with Gasteiger partial charge in [0, 0.05) is 17.2 Å². The molecular formula is C22H40O2P2. The molecule has 0 aromatic heterocycles. The van der Waals surface area contributed by atoms with E-state index in [1.54, 1.807) is 0 Å². The maximum Gasteiger partial charge on any atom is 0.0571 e. The van der Waals surface area contributed by atoms with Crippen LogP contribution in [-0.4, -0.2) is 24.8 Å². The Morgan fingerprint density at radius 3 is 1.31 bits per heavy atom. The van der Waals surface area contributed by atoms with Gasteiger partial charge in [-0.05, 0) is 20.3 Å². The molecule has 26 heavy (non-hydrogen) atoms. The van der Waals surface area contributed by atoms with E-state index < -0.39 is 8.15 Å². The average molecular weight is 399 g/mol. The molecule has 0 fully saturated rings. The Balaban J connectivity index is -0.000000319. The molecule has 0 aliphatic rings. The maximum atomic E-state index is 9.09. The van der Waals surface area contributed by atoms with Crippen LogP contribution in [0.1, 0.15) is 48.5 Å². The first-order chi connectivity index (χ1) is 12.6. The van der Waals surface area contributed by atoms with E-state index in [0.717, 1.165) is 11.9 Å². The second-order valence-electron chi connectivity index (χ2n) is 4.11. The van der Waals surface area contributed by atoms with Crippen LogP contribution < -0.4 is 10.6 Å². The van der Waals surface area contributed by atoms with Gasteiger partial charge in [-0.3, -0.25) is 0 Å². The number of rotatable bonds is 4. The smallest absolute Gasteiger partial charge is 0.0571 e. The van der Waals surface area contributed by atoms with Gasteiger partial charge in [-0.25, -0.2) is 0 Å². The lowest BCUT2D eigenvalue weighted by Crippen LogP contribution is -2.00. The molecule has 2 nitrogen and oxygen atoms in total. The fourth-order valence-corrected chi connectivity index (χ4v) is 3.28. The molecule has 2 rings (SSSR count). The van der Waals surface area contributed by atoms with Crippen molar-refractivity contribution in [2.45, 2.75) is 48.5 Å². The summed E-state index contributed by atoms with van der Waals surface area (Å²) in [6.45, 7) is 18.8. The highest BCUT2D eigenvalue weighted by Gasteiger charge is 2.01. The van der Waals surface area contributed by atoms with Crippen LogP contribution in [0.3, 0.4) is 0 Å². The van der Waals surface area contributed by atoms with E-state index in [-0.39, 0.29) is 8.15 Å². The Morgan fingerprint density at radius 2 is 1.04 bits per heavy atom. The fraction of sp³-hybridized carbons (Fsp3) is 0.455. The van der Waals surface area contributed by atoms with Crippen LogP contribution in [0, 0.1) is 0 Å². The molecule has 4 heteroatoms. The van der Waals surface area contributed by atoms with E-state index in [0.29, 0.717) is 0 Å². The van der Waals surface area contributed by atoms with Crippen molar-refractivity contribution in [2.24, 2.45) is 0 Å². The van der Waals surface area contributed by atoms with Gasteiger partial charge in [0.05, 0.1) is 16.3 Å². The summed E-state index contributed by atoms with van der Waals surface area (Å²) in [6.07, 6.45) is 0. The summed E-state index contributed by atoms with van der Waals surface area (Å²) < 4.78 is 5.49. The van der Waals surface area contributed by atoms with Gasteiger partial charge in [0.1, 0.15) is 0 Å². The first-order valence-corrected chi connectivity index (χ1v) is 13.0. The molecule has 2 aromatic carbocycles. The van der Waals surface area contributed by atoms with Crippen LogP contribution in [-0.2, 0) is 4.52 Å². The summed E-state index contributed by atoms with van der Waals surface area (Å²) in [6, 6.07) is 20.0. The van der Waals surface area contributed by atoms with E-state index in [1.165, 1.54) is 5.30 Å². The summed E-state index contributed by atoms with van der Waals surface area (Å²) in [5.74, 6) is 0. The predicted molar refractivity (Wildman–Crippen MR) is 126 cm³/mol. The van der Waals surface area contributed by atoms with Crippen LogP contribution in [0.25, 0.3) is 0 Å². The lowest BCUT2D eigenvalue weighted by molar-refractivity contribution is 0.386. The molecule has 0 heterocycles. The molecule has 2 unspecified atom stereocenters. The topological polar surface area (TPSA) is 29.5 Å². The highest BCUT2D eigenvalue weighted by Crippen LogP contribution is 2.29. The third kappa shape index (κ3) is 16.7. The van der Waals surface area contributed by atoms with Crippen molar-refractivity contribution in [1.29, 1.82) is 0 Å². The van der Waals surface area contributed by atoms with Crippen LogP contribution >= 0.6 is 16.3 Å². The van der Waals surface area contributed by atoms with Crippen LogP contribution in [0.15, 0.2) is 60.7 Å². The zero-order valence-corrected chi connectivity index (χ0v) is 20.0. The second-order valence-corrected chi connectivity index (χ2v) is 7.44. The van der Waals surface area contributed by atoms with Crippen molar-refractivity contribution in [1.82, 2.24) is 0 Å². The van der Waals surface area contributed by atoms with Crippen LogP contribution in [0.5, 0.6) is 0 Å².